The molecule has 258 valence electrons. The molecule has 1 nitrogen and oxygen atoms in total. The molecule has 1 aromatic heterocycles. The highest BCUT2D eigenvalue weighted by molar-refractivity contribution is 7.27. The van der Waals surface area contributed by atoms with Crippen LogP contribution >= 0.6 is 11.3 Å². The summed E-state index contributed by atoms with van der Waals surface area (Å²) in [6.07, 6.45) is 1.95. The van der Waals surface area contributed by atoms with E-state index >= 15 is 0 Å². The molecule has 55 heavy (non-hydrogen) atoms. The molecular formula is C53H35NS. The summed E-state index contributed by atoms with van der Waals surface area (Å²) in [5, 5.41) is 15.6. The molecule has 0 spiro atoms. The van der Waals surface area contributed by atoms with E-state index in [1.165, 1.54) is 90.7 Å². The summed E-state index contributed by atoms with van der Waals surface area (Å²) in [4.78, 5) is 2.38. The van der Waals surface area contributed by atoms with E-state index in [1.807, 2.05) is 17.4 Å². The lowest BCUT2D eigenvalue weighted by atomic mass is 9.94. The van der Waals surface area contributed by atoms with Crippen LogP contribution in [0.3, 0.4) is 0 Å². The minimum Gasteiger partial charge on any atom is -0.310 e. The van der Waals surface area contributed by atoms with Crippen molar-refractivity contribution in [3.63, 3.8) is 0 Å². The third kappa shape index (κ3) is 4.92. The van der Waals surface area contributed by atoms with E-state index in [9.17, 15) is 0 Å². The predicted octanol–water partition coefficient (Wildman–Crippen LogP) is 15.9. The van der Waals surface area contributed by atoms with E-state index in [-0.39, 0.29) is 0 Å². The van der Waals surface area contributed by atoms with Crippen molar-refractivity contribution in [2.24, 2.45) is 0 Å². The highest BCUT2D eigenvalue weighted by atomic mass is 32.1. The molecule has 0 fully saturated rings. The van der Waals surface area contributed by atoms with Gasteiger partial charge in [-0.25, -0.2) is 0 Å². The van der Waals surface area contributed by atoms with E-state index in [4.69, 9.17) is 0 Å². The molecule has 0 bridgehead atoms. The maximum absolute atomic E-state index is 4.14. The minimum absolute atomic E-state index is 1.10. The first-order valence-corrected chi connectivity index (χ1v) is 19.7. The average Bonchev–Trinajstić information content (AvgIpc) is 3.64. The van der Waals surface area contributed by atoms with Gasteiger partial charge in [-0.1, -0.05) is 140 Å². The van der Waals surface area contributed by atoms with Crippen molar-refractivity contribution in [1.29, 1.82) is 0 Å². The van der Waals surface area contributed by atoms with Crippen molar-refractivity contribution in [3.8, 4) is 11.1 Å². The van der Waals surface area contributed by atoms with Crippen molar-refractivity contribution >= 4 is 109 Å². The monoisotopic (exact) mass is 717 g/mol. The predicted molar refractivity (Wildman–Crippen MR) is 242 cm³/mol. The SMILES string of the molecule is C=Cc1cc(N(c2ccc(-c3ccc4sc5c6ccccc6c6ccccc6c5c4c3)cc2)c2ccc3c4ccccc4c4ccccc4c3c2)ccc1C. The number of rotatable bonds is 5. The fraction of sp³-hybridized carbons (Fsp3) is 0.0189. The standard InChI is InChI=1S/C53H35NS/c1-3-34-30-38(24-20-33(34)2)54(39-27-28-46-42-14-5-4-12-40(42)41-13-6-7-17-45(41)49(46)32-39)37-25-21-35(22-26-37)36-23-29-51-50(31-36)52-47-18-10-8-15-43(47)44-16-9-11-19-48(44)53(52)55-51/h3-32H,1H2,2H3. The molecule has 0 N–H and O–H groups in total. The molecule has 0 unspecified atom stereocenters. The fourth-order valence-corrected chi connectivity index (χ4v) is 10.1. The van der Waals surface area contributed by atoms with Gasteiger partial charge in [0, 0.05) is 42.6 Å². The quantitative estimate of drug-likeness (QED) is 0.160. The summed E-state index contributed by atoms with van der Waals surface area (Å²) in [7, 11) is 0. The molecule has 11 aromatic rings. The van der Waals surface area contributed by atoms with Crippen LogP contribution in [-0.2, 0) is 0 Å². The normalized spacial score (nSPS) is 11.8. The molecule has 0 aliphatic carbocycles. The Kier molecular flexibility index (Phi) is 7.17. The number of fused-ring (bicyclic) bond motifs is 14. The lowest BCUT2D eigenvalue weighted by molar-refractivity contribution is 1.28. The fourth-order valence-electron chi connectivity index (χ4n) is 8.86. The molecule has 0 radical (unpaired) electrons. The van der Waals surface area contributed by atoms with Gasteiger partial charge in [-0.3, -0.25) is 0 Å². The lowest BCUT2D eigenvalue weighted by Gasteiger charge is -2.27. The van der Waals surface area contributed by atoms with Crippen LogP contribution in [0, 0.1) is 6.92 Å². The number of hydrogen-bond donors (Lipinski definition) is 0. The first-order valence-electron chi connectivity index (χ1n) is 18.9. The van der Waals surface area contributed by atoms with Gasteiger partial charge >= 0.3 is 0 Å². The first-order chi connectivity index (χ1) is 27.1. The first kappa shape index (κ1) is 31.8. The van der Waals surface area contributed by atoms with E-state index in [2.05, 4.69) is 194 Å². The van der Waals surface area contributed by atoms with Crippen LogP contribution in [0.2, 0.25) is 0 Å². The molecular weight excluding hydrogens is 683 g/mol. The average molecular weight is 718 g/mol. The zero-order valence-corrected chi connectivity index (χ0v) is 31.2. The zero-order chi connectivity index (χ0) is 36.6. The Hall–Kier alpha value is -6.74. The van der Waals surface area contributed by atoms with Crippen LogP contribution in [-0.4, -0.2) is 0 Å². The Balaban J connectivity index is 1.08. The van der Waals surface area contributed by atoms with Crippen molar-refractivity contribution in [1.82, 2.24) is 0 Å². The molecule has 2 heteroatoms. The second kappa shape index (κ2) is 12.4. The second-order valence-corrected chi connectivity index (χ2v) is 15.6. The highest BCUT2D eigenvalue weighted by Crippen LogP contribution is 2.46. The number of nitrogens with zero attached hydrogens (tertiary/aromatic N) is 1. The second-order valence-electron chi connectivity index (χ2n) is 14.6. The Morgan fingerprint density at radius 2 is 0.909 bits per heavy atom. The van der Waals surface area contributed by atoms with Crippen molar-refractivity contribution in [2.75, 3.05) is 4.90 Å². The molecule has 0 aliphatic heterocycles. The third-order valence-corrected chi connectivity index (χ3v) is 12.7. The third-order valence-electron chi connectivity index (χ3n) is 11.5. The van der Waals surface area contributed by atoms with Crippen molar-refractivity contribution in [3.05, 3.63) is 194 Å². The van der Waals surface area contributed by atoms with Crippen LogP contribution in [0.15, 0.2) is 183 Å². The summed E-state index contributed by atoms with van der Waals surface area (Å²) < 4.78 is 2.68. The smallest absolute Gasteiger partial charge is 0.0468 e. The van der Waals surface area contributed by atoms with Gasteiger partial charge < -0.3 is 4.90 Å². The summed E-state index contributed by atoms with van der Waals surface area (Å²) in [6.45, 7) is 6.28. The number of hydrogen-bond acceptors (Lipinski definition) is 2. The Labute approximate surface area is 323 Å². The maximum Gasteiger partial charge on any atom is 0.0468 e. The van der Waals surface area contributed by atoms with Gasteiger partial charge in [0.2, 0.25) is 0 Å². The van der Waals surface area contributed by atoms with Gasteiger partial charge in [-0.15, -0.1) is 11.3 Å². The van der Waals surface area contributed by atoms with Gasteiger partial charge in [0.25, 0.3) is 0 Å². The largest absolute Gasteiger partial charge is 0.310 e. The number of thiophene rings is 1. The van der Waals surface area contributed by atoms with Crippen molar-refractivity contribution < 1.29 is 0 Å². The number of anilines is 3. The summed E-state index contributed by atoms with van der Waals surface area (Å²) >= 11 is 1.90. The van der Waals surface area contributed by atoms with Gasteiger partial charge in [0.1, 0.15) is 0 Å². The van der Waals surface area contributed by atoms with Gasteiger partial charge in [0.05, 0.1) is 0 Å². The lowest BCUT2D eigenvalue weighted by Crippen LogP contribution is -2.10. The molecule has 0 amide bonds. The molecule has 0 saturated heterocycles. The van der Waals surface area contributed by atoms with E-state index in [1.54, 1.807) is 0 Å². The molecule has 0 aliphatic rings. The summed E-state index contributed by atoms with van der Waals surface area (Å²) in [5.41, 5.74) is 8.08. The summed E-state index contributed by atoms with van der Waals surface area (Å²) in [6, 6.07) is 65.0. The van der Waals surface area contributed by atoms with Crippen LogP contribution in [0.5, 0.6) is 0 Å². The van der Waals surface area contributed by atoms with Gasteiger partial charge in [-0.05, 0) is 126 Å². The number of benzene rings is 10. The molecule has 10 aromatic carbocycles. The van der Waals surface area contributed by atoms with Crippen LogP contribution in [0.1, 0.15) is 11.1 Å². The minimum atomic E-state index is 1.10. The van der Waals surface area contributed by atoms with Gasteiger partial charge in [-0.2, -0.15) is 0 Å². The van der Waals surface area contributed by atoms with E-state index in [0.717, 1.165) is 22.6 Å². The molecule has 11 rings (SSSR count). The Morgan fingerprint density at radius 1 is 0.418 bits per heavy atom. The zero-order valence-electron chi connectivity index (χ0n) is 30.4. The van der Waals surface area contributed by atoms with Crippen LogP contribution < -0.4 is 4.90 Å². The van der Waals surface area contributed by atoms with Gasteiger partial charge in [0.15, 0.2) is 0 Å². The van der Waals surface area contributed by atoms with Crippen LogP contribution in [0.4, 0.5) is 17.1 Å². The molecule has 0 atom stereocenters. The topological polar surface area (TPSA) is 3.24 Å². The highest BCUT2D eigenvalue weighted by Gasteiger charge is 2.18. The molecule has 1 heterocycles. The maximum atomic E-state index is 4.14. The Morgan fingerprint density at radius 3 is 1.56 bits per heavy atom. The number of aryl methyl sites for hydroxylation is 1. The van der Waals surface area contributed by atoms with Crippen LogP contribution in [0.25, 0.3) is 91.2 Å². The van der Waals surface area contributed by atoms with E-state index in [0.29, 0.717) is 0 Å². The van der Waals surface area contributed by atoms with Crippen molar-refractivity contribution in [2.45, 2.75) is 6.92 Å². The van der Waals surface area contributed by atoms with E-state index < -0.39 is 0 Å². The molecule has 0 saturated carbocycles. The Bertz CT molecular complexity index is 3310. The summed E-state index contributed by atoms with van der Waals surface area (Å²) in [5.74, 6) is 0.